The monoisotopic (exact) mass is 336 g/mol. The molecule has 4 aromatic rings. The van der Waals surface area contributed by atoms with Crippen LogP contribution in [0.3, 0.4) is 0 Å². The molecule has 0 aliphatic carbocycles. The molecular formula is C19H24N6. The number of fused-ring (bicyclic) bond motifs is 2. The SMILES string of the molecule is CCN(C)C.Cc1nc2nc(N)cc(-c3cc4ccccc4[nH]3)c2[nH]1. The summed E-state index contributed by atoms with van der Waals surface area (Å²) < 4.78 is 0. The molecule has 0 unspecified atom stereocenters. The number of nitrogens with one attached hydrogen (secondary N) is 2. The molecule has 0 atom stereocenters. The average molecular weight is 336 g/mol. The van der Waals surface area contributed by atoms with Gasteiger partial charge in [-0.3, -0.25) is 0 Å². The first-order chi connectivity index (χ1) is 12.0. The lowest BCUT2D eigenvalue weighted by molar-refractivity contribution is 0.434. The molecule has 4 rings (SSSR count). The zero-order valence-electron chi connectivity index (χ0n) is 15.1. The number of rotatable bonds is 2. The van der Waals surface area contributed by atoms with E-state index >= 15 is 0 Å². The molecule has 0 aliphatic rings. The van der Waals surface area contributed by atoms with Crippen LogP contribution in [0.4, 0.5) is 5.82 Å². The molecule has 25 heavy (non-hydrogen) atoms. The molecule has 130 valence electrons. The minimum Gasteiger partial charge on any atom is -0.384 e. The van der Waals surface area contributed by atoms with Gasteiger partial charge in [0.05, 0.1) is 5.52 Å². The number of hydrogen-bond donors (Lipinski definition) is 3. The minimum absolute atomic E-state index is 0.470. The Labute approximate surface area is 147 Å². The van der Waals surface area contributed by atoms with Gasteiger partial charge in [0, 0.05) is 22.2 Å². The highest BCUT2D eigenvalue weighted by Gasteiger charge is 2.12. The van der Waals surface area contributed by atoms with E-state index in [9.17, 15) is 0 Å². The Balaban J connectivity index is 0.000000324. The van der Waals surface area contributed by atoms with Gasteiger partial charge in [-0.15, -0.1) is 0 Å². The molecule has 0 saturated carbocycles. The summed E-state index contributed by atoms with van der Waals surface area (Å²) in [5.41, 5.74) is 10.5. The molecule has 0 bridgehead atoms. The second kappa shape index (κ2) is 6.94. The van der Waals surface area contributed by atoms with E-state index in [2.05, 4.69) is 64.1 Å². The largest absolute Gasteiger partial charge is 0.384 e. The van der Waals surface area contributed by atoms with Crippen LogP contribution in [-0.4, -0.2) is 45.5 Å². The Kier molecular flexibility index (Phi) is 4.72. The zero-order valence-corrected chi connectivity index (χ0v) is 15.1. The van der Waals surface area contributed by atoms with Crippen LogP contribution in [-0.2, 0) is 0 Å². The highest BCUT2D eigenvalue weighted by atomic mass is 15.0. The lowest BCUT2D eigenvalue weighted by atomic mass is 10.1. The van der Waals surface area contributed by atoms with E-state index in [1.54, 1.807) is 0 Å². The maximum absolute atomic E-state index is 5.89. The van der Waals surface area contributed by atoms with Crippen LogP contribution in [0.5, 0.6) is 0 Å². The molecule has 0 fully saturated rings. The van der Waals surface area contributed by atoms with Crippen LogP contribution in [0.2, 0.25) is 0 Å². The first kappa shape index (κ1) is 17.0. The number of H-pyrrole nitrogens is 2. The zero-order chi connectivity index (χ0) is 18.0. The molecule has 6 nitrogen and oxygen atoms in total. The smallest absolute Gasteiger partial charge is 0.180 e. The van der Waals surface area contributed by atoms with Crippen LogP contribution in [0.15, 0.2) is 36.4 Å². The predicted molar refractivity (Wildman–Crippen MR) is 105 cm³/mol. The number of nitrogen functional groups attached to an aromatic ring is 1. The number of pyridine rings is 1. The number of imidazole rings is 1. The van der Waals surface area contributed by atoms with Crippen molar-refractivity contribution in [2.24, 2.45) is 0 Å². The molecule has 0 amide bonds. The summed E-state index contributed by atoms with van der Waals surface area (Å²) in [5.74, 6) is 1.30. The number of nitrogens with two attached hydrogens (primary N) is 1. The van der Waals surface area contributed by atoms with Crippen molar-refractivity contribution in [1.29, 1.82) is 0 Å². The number of benzene rings is 1. The molecule has 3 heterocycles. The molecule has 1 aromatic carbocycles. The van der Waals surface area contributed by atoms with Gasteiger partial charge in [0.25, 0.3) is 0 Å². The topological polar surface area (TPSA) is 86.6 Å². The summed E-state index contributed by atoms with van der Waals surface area (Å²) in [4.78, 5) is 17.4. The second-order valence-corrected chi connectivity index (χ2v) is 6.28. The summed E-state index contributed by atoms with van der Waals surface area (Å²) in [7, 11) is 4.11. The van der Waals surface area contributed by atoms with Gasteiger partial charge in [0.2, 0.25) is 0 Å². The standard InChI is InChI=1S/C15H13N5.C4H11N/c1-8-17-14-10(7-13(16)20-15(14)18-8)12-6-9-4-2-3-5-11(9)19-12;1-4-5(2)3/h2-7,19H,1H3,(H3,16,17,18,20);4H2,1-3H3. The summed E-state index contributed by atoms with van der Waals surface area (Å²) in [6.45, 7) is 5.17. The van der Waals surface area contributed by atoms with Crippen molar-refractivity contribution >= 4 is 27.9 Å². The van der Waals surface area contributed by atoms with Gasteiger partial charge in [-0.05, 0) is 45.8 Å². The maximum Gasteiger partial charge on any atom is 0.180 e. The number of nitrogens with zero attached hydrogens (tertiary/aromatic N) is 3. The molecule has 0 radical (unpaired) electrons. The van der Waals surface area contributed by atoms with E-state index in [1.807, 2.05) is 25.1 Å². The van der Waals surface area contributed by atoms with Crippen molar-refractivity contribution in [2.45, 2.75) is 13.8 Å². The Morgan fingerprint density at radius 3 is 2.48 bits per heavy atom. The predicted octanol–water partition coefficient (Wildman–Crippen LogP) is 3.56. The fraction of sp³-hybridized carbons (Fsp3) is 0.263. The van der Waals surface area contributed by atoms with E-state index in [-0.39, 0.29) is 0 Å². The van der Waals surface area contributed by atoms with E-state index < -0.39 is 0 Å². The molecule has 3 aromatic heterocycles. The van der Waals surface area contributed by atoms with E-state index in [0.29, 0.717) is 11.5 Å². The number of aromatic nitrogens is 4. The Hall–Kier alpha value is -2.86. The fourth-order valence-electron chi connectivity index (χ4n) is 2.55. The Bertz CT molecular complexity index is 963. The molecule has 0 aliphatic heterocycles. The lowest BCUT2D eigenvalue weighted by Crippen LogP contribution is -2.08. The van der Waals surface area contributed by atoms with Crippen molar-refractivity contribution in [3.8, 4) is 11.3 Å². The summed E-state index contributed by atoms with van der Waals surface area (Å²) in [6.07, 6.45) is 0. The third kappa shape index (κ3) is 3.64. The second-order valence-electron chi connectivity index (χ2n) is 6.28. The highest BCUT2D eigenvalue weighted by molar-refractivity contribution is 5.95. The van der Waals surface area contributed by atoms with Crippen LogP contribution < -0.4 is 5.73 Å². The van der Waals surface area contributed by atoms with Crippen molar-refractivity contribution in [1.82, 2.24) is 24.8 Å². The number of anilines is 1. The van der Waals surface area contributed by atoms with E-state index in [0.717, 1.165) is 34.7 Å². The van der Waals surface area contributed by atoms with Crippen LogP contribution in [0.1, 0.15) is 12.7 Å². The number of para-hydroxylation sites is 1. The van der Waals surface area contributed by atoms with Gasteiger partial charge in [-0.25, -0.2) is 9.97 Å². The van der Waals surface area contributed by atoms with Crippen molar-refractivity contribution < 1.29 is 0 Å². The number of aromatic amines is 2. The number of aryl methyl sites for hydroxylation is 1. The molecular weight excluding hydrogens is 312 g/mol. The first-order valence-electron chi connectivity index (χ1n) is 8.33. The third-order valence-electron chi connectivity index (χ3n) is 4.05. The molecule has 6 heteroatoms. The van der Waals surface area contributed by atoms with Crippen molar-refractivity contribution in [2.75, 3.05) is 26.4 Å². The molecule has 0 saturated heterocycles. The van der Waals surface area contributed by atoms with Gasteiger partial charge >= 0.3 is 0 Å². The summed E-state index contributed by atoms with van der Waals surface area (Å²) in [6, 6.07) is 12.1. The van der Waals surface area contributed by atoms with Gasteiger partial charge in [0.15, 0.2) is 5.65 Å². The van der Waals surface area contributed by atoms with Crippen molar-refractivity contribution in [3.63, 3.8) is 0 Å². The third-order valence-corrected chi connectivity index (χ3v) is 4.05. The van der Waals surface area contributed by atoms with E-state index in [4.69, 9.17) is 5.73 Å². The number of hydrogen-bond acceptors (Lipinski definition) is 4. The molecule has 4 N–H and O–H groups in total. The normalized spacial score (nSPS) is 11.1. The van der Waals surface area contributed by atoms with Gasteiger partial charge in [-0.1, -0.05) is 25.1 Å². The fourth-order valence-corrected chi connectivity index (χ4v) is 2.55. The van der Waals surface area contributed by atoms with Gasteiger partial charge < -0.3 is 20.6 Å². The van der Waals surface area contributed by atoms with Crippen molar-refractivity contribution in [3.05, 3.63) is 42.2 Å². The average Bonchev–Trinajstić information content (AvgIpc) is 3.16. The summed E-state index contributed by atoms with van der Waals surface area (Å²) >= 11 is 0. The van der Waals surface area contributed by atoms with Gasteiger partial charge in [-0.2, -0.15) is 0 Å². The van der Waals surface area contributed by atoms with Crippen LogP contribution >= 0.6 is 0 Å². The minimum atomic E-state index is 0.470. The quantitative estimate of drug-likeness (QED) is 0.522. The Morgan fingerprint density at radius 2 is 1.80 bits per heavy atom. The summed E-state index contributed by atoms with van der Waals surface area (Å²) in [5, 5.41) is 1.17. The van der Waals surface area contributed by atoms with Crippen LogP contribution in [0, 0.1) is 6.92 Å². The highest BCUT2D eigenvalue weighted by Crippen LogP contribution is 2.30. The van der Waals surface area contributed by atoms with Crippen LogP contribution in [0.25, 0.3) is 33.3 Å². The molecule has 0 spiro atoms. The maximum atomic E-state index is 5.89. The Morgan fingerprint density at radius 1 is 1.08 bits per heavy atom. The van der Waals surface area contributed by atoms with Gasteiger partial charge in [0.1, 0.15) is 11.6 Å². The first-order valence-corrected chi connectivity index (χ1v) is 8.33. The van der Waals surface area contributed by atoms with E-state index in [1.165, 1.54) is 5.39 Å². The lowest BCUT2D eigenvalue weighted by Gasteiger charge is -2.01.